The lowest BCUT2D eigenvalue weighted by molar-refractivity contribution is -0.115. The van der Waals surface area contributed by atoms with Crippen molar-refractivity contribution in [3.8, 4) is 0 Å². The molecule has 6 heteroatoms. The predicted molar refractivity (Wildman–Crippen MR) is 80.7 cm³/mol. The van der Waals surface area contributed by atoms with Gasteiger partial charge in [0.25, 0.3) is 0 Å². The second-order valence-corrected chi connectivity index (χ2v) is 5.50. The fourth-order valence-electron chi connectivity index (χ4n) is 1.48. The van der Waals surface area contributed by atoms with Crippen LogP contribution in [0.25, 0.3) is 0 Å². The Balaban J connectivity index is 2.01. The molecule has 1 aromatic carbocycles. The summed E-state index contributed by atoms with van der Waals surface area (Å²) in [5.74, 6) is -0.127. The van der Waals surface area contributed by atoms with E-state index in [2.05, 4.69) is 26.2 Å². The summed E-state index contributed by atoms with van der Waals surface area (Å²) in [6.07, 6.45) is 1.78. The first kappa shape index (κ1) is 14.3. The van der Waals surface area contributed by atoms with Crippen molar-refractivity contribution in [3.05, 3.63) is 56.7 Å². The Hall–Kier alpha value is -1.10. The van der Waals surface area contributed by atoms with Gasteiger partial charge in [-0.05, 0) is 39.7 Å². The van der Waals surface area contributed by atoms with Gasteiger partial charge in [-0.25, -0.2) is 4.98 Å². The minimum atomic E-state index is -0.127. The van der Waals surface area contributed by atoms with Crippen molar-refractivity contribution < 1.29 is 4.79 Å². The van der Waals surface area contributed by atoms with Gasteiger partial charge in [0.15, 0.2) is 0 Å². The predicted octanol–water partition coefficient (Wildman–Crippen LogP) is 4.33. The fourth-order valence-corrected chi connectivity index (χ4v) is 2.06. The Labute approximate surface area is 129 Å². The molecule has 2 rings (SSSR count). The molecule has 0 saturated carbocycles. The highest BCUT2D eigenvalue weighted by Gasteiger charge is 2.06. The van der Waals surface area contributed by atoms with Gasteiger partial charge < -0.3 is 5.32 Å². The number of anilines is 1. The number of carbonyl (C=O) groups excluding carboxylic acids is 1. The maximum absolute atomic E-state index is 11.8. The van der Waals surface area contributed by atoms with Crippen LogP contribution in [0.2, 0.25) is 10.2 Å². The SMILES string of the molecule is O=C(Cc1ccc(Cl)cc1)Nc1cnc(Cl)c(Br)c1. The molecule has 0 radical (unpaired) electrons. The van der Waals surface area contributed by atoms with E-state index in [4.69, 9.17) is 23.2 Å². The molecule has 0 saturated heterocycles. The maximum atomic E-state index is 11.8. The highest BCUT2D eigenvalue weighted by molar-refractivity contribution is 9.10. The number of pyridine rings is 1. The minimum absolute atomic E-state index is 0.127. The number of carbonyl (C=O) groups is 1. The van der Waals surface area contributed by atoms with E-state index in [0.29, 0.717) is 20.3 Å². The van der Waals surface area contributed by atoms with E-state index < -0.39 is 0 Å². The molecular formula is C13H9BrCl2N2O. The summed E-state index contributed by atoms with van der Waals surface area (Å²) in [5, 5.41) is 3.76. The van der Waals surface area contributed by atoms with Crippen LogP contribution >= 0.6 is 39.1 Å². The number of halogens is 3. The first-order chi connectivity index (χ1) is 9.04. The molecule has 0 unspecified atom stereocenters. The number of hydrogen-bond donors (Lipinski definition) is 1. The number of hydrogen-bond acceptors (Lipinski definition) is 2. The number of nitrogens with one attached hydrogen (secondary N) is 1. The third kappa shape index (κ3) is 4.20. The van der Waals surface area contributed by atoms with Crippen molar-refractivity contribution in [3.63, 3.8) is 0 Å². The van der Waals surface area contributed by atoms with Crippen LogP contribution in [0.5, 0.6) is 0 Å². The number of benzene rings is 1. The highest BCUT2D eigenvalue weighted by Crippen LogP contribution is 2.23. The monoisotopic (exact) mass is 358 g/mol. The Morgan fingerprint density at radius 3 is 2.58 bits per heavy atom. The molecule has 2 aromatic rings. The molecular weight excluding hydrogens is 351 g/mol. The maximum Gasteiger partial charge on any atom is 0.228 e. The molecule has 0 aliphatic heterocycles. The van der Waals surface area contributed by atoms with Crippen LogP contribution in [0.4, 0.5) is 5.69 Å². The molecule has 0 aliphatic rings. The van der Waals surface area contributed by atoms with Gasteiger partial charge in [-0.15, -0.1) is 0 Å². The van der Waals surface area contributed by atoms with Crippen molar-refractivity contribution >= 4 is 50.7 Å². The van der Waals surface area contributed by atoms with Crippen LogP contribution in [-0.2, 0) is 11.2 Å². The van der Waals surface area contributed by atoms with Crippen LogP contribution in [0.3, 0.4) is 0 Å². The standard InChI is InChI=1S/C13H9BrCl2N2O/c14-11-6-10(7-17-13(11)16)18-12(19)5-8-1-3-9(15)4-2-8/h1-4,6-7H,5H2,(H,18,19). The van der Waals surface area contributed by atoms with Gasteiger partial charge >= 0.3 is 0 Å². The molecule has 0 fully saturated rings. The summed E-state index contributed by atoms with van der Waals surface area (Å²) in [4.78, 5) is 15.8. The summed E-state index contributed by atoms with van der Waals surface area (Å²) in [5.41, 5.74) is 1.48. The third-order valence-corrected chi connectivity index (χ3v) is 3.74. The summed E-state index contributed by atoms with van der Waals surface area (Å²) in [7, 11) is 0. The van der Waals surface area contributed by atoms with Crippen molar-refractivity contribution in [2.45, 2.75) is 6.42 Å². The first-order valence-corrected chi connectivity index (χ1v) is 6.95. The second kappa shape index (κ2) is 6.37. The molecule has 3 nitrogen and oxygen atoms in total. The Bertz CT molecular complexity index is 602. The van der Waals surface area contributed by atoms with Gasteiger partial charge in [-0.1, -0.05) is 35.3 Å². The van der Waals surface area contributed by atoms with Gasteiger partial charge in [0.05, 0.1) is 22.8 Å². The van der Waals surface area contributed by atoms with E-state index >= 15 is 0 Å². The topological polar surface area (TPSA) is 42.0 Å². The minimum Gasteiger partial charge on any atom is -0.324 e. The van der Waals surface area contributed by atoms with Crippen molar-refractivity contribution in [2.24, 2.45) is 0 Å². The van der Waals surface area contributed by atoms with Gasteiger partial charge in [0.2, 0.25) is 5.91 Å². The normalized spacial score (nSPS) is 10.3. The molecule has 98 valence electrons. The molecule has 1 N–H and O–H groups in total. The van der Waals surface area contributed by atoms with E-state index in [9.17, 15) is 4.79 Å². The molecule has 0 atom stereocenters. The molecule has 1 amide bonds. The summed E-state index contributed by atoms with van der Waals surface area (Å²) in [6, 6.07) is 8.85. The zero-order valence-corrected chi connectivity index (χ0v) is 12.8. The van der Waals surface area contributed by atoms with Gasteiger partial charge in [0, 0.05) is 5.02 Å². The lowest BCUT2D eigenvalue weighted by atomic mass is 10.1. The molecule has 1 heterocycles. The highest BCUT2D eigenvalue weighted by atomic mass is 79.9. The summed E-state index contributed by atoms with van der Waals surface area (Å²) >= 11 is 14.8. The molecule has 0 aliphatic carbocycles. The average Bonchev–Trinajstić information content (AvgIpc) is 2.37. The van der Waals surface area contributed by atoms with E-state index in [1.807, 2.05) is 12.1 Å². The van der Waals surface area contributed by atoms with Crippen LogP contribution in [0.1, 0.15) is 5.56 Å². The molecule has 1 aromatic heterocycles. The zero-order valence-electron chi connectivity index (χ0n) is 9.66. The van der Waals surface area contributed by atoms with Crippen molar-refractivity contribution in [2.75, 3.05) is 5.32 Å². The van der Waals surface area contributed by atoms with Crippen LogP contribution in [-0.4, -0.2) is 10.9 Å². The Kier molecular flexibility index (Phi) is 4.80. The van der Waals surface area contributed by atoms with Crippen molar-refractivity contribution in [1.29, 1.82) is 0 Å². The van der Waals surface area contributed by atoms with Crippen LogP contribution < -0.4 is 5.32 Å². The summed E-state index contributed by atoms with van der Waals surface area (Å²) < 4.78 is 0.637. The quantitative estimate of drug-likeness (QED) is 0.828. The van der Waals surface area contributed by atoms with Gasteiger partial charge in [-0.3, -0.25) is 4.79 Å². The molecule has 19 heavy (non-hydrogen) atoms. The number of amides is 1. The Morgan fingerprint density at radius 2 is 1.95 bits per heavy atom. The largest absolute Gasteiger partial charge is 0.324 e. The van der Waals surface area contributed by atoms with E-state index in [-0.39, 0.29) is 12.3 Å². The lowest BCUT2D eigenvalue weighted by Gasteiger charge is -2.06. The van der Waals surface area contributed by atoms with E-state index in [0.717, 1.165) is 5.56 Å². The summed E-state index contributed by atoms with van der Waals surface area (Å²) in [6.45, 7) is 0. The number of aromatic nitrogens is 1. The van der Waals surface area contributed by atoms with E-state index in [1.165, 1.54) is 6.20 Å². The number of rotatable bonds is 3. The lowest BCUT2D eigenvalue weighted by Crippen LogP contribution is -2.14. The molecule has 0 spiro atoms. The second-order valence-electron chi connectivity index (χ2n) is 3.85. The molecule has 0 bridgehead atoms. The average molecular weight is 360 g/mol. The van der Waals surface area contributed by atoms with E-state index in [1.54, 1.807) is 18.2 Å². The van der Waals surface area contributed by atoms with Gasteiger partial charge in [0.1, 0.15) is 5.15 Å². The van der Waals surface area contributed by atoms with Crippen LogP contribution in [0.15, 0.2) is 41.0 Å². The Morgan fingerprint density at radius 1 is 1.26 bits per heavy atom. The smallest absolute Gasteiger partial charge is 0.228 e. The number of nitrogens with zero attached hydrogens (tertiary/aromatic N) is 1. The first-order valence-electron chi connectivity index (χ1n) is 5.40. The van der Waals surface area contributed by atoms with Crippen molar-refractivity contribution in [1.82, 2.24) is 4.98 Å². The van der Waals surface area contributed by atoms with Gasteiger partial charge in [-0.2, -0.15) is 0 Å². The van der Waals surface area contributed by atoms with Crippen LogP contribution in [0, 0.1) is 0 Å². The fraction of sp³-hybridized carbons (Fsp3) is 0.0769. The third-order valence-electron chi connectivity index (χ3n) is 2.36. The zero-order chi connectivity index (χ0) is 13.8.